The average Bonchev–Trinajstić information content (AvgIpc) is 2.47. The molecule has 7 nitrogen and oxygen atoms in total. The molecule has 0 saturated carbocycles. The summed E-state index contributed by atoms with van der Waals surface area (Å²) in [6.45, 7) is 1.88. The van der Waals surface area contributed by atoms with Crippen LogP contribution in [0.3, 0.4) is 0 Å². The summed E-state index contributed by atoms with van der Waals surface area (Å²) < 4.78 is 4.87. The lowest BCUT2D eigenvalue weighted by Gasteiger charge is -2.32. The summed E-state index contributed by atoms with van der Waals surface area (Å²) in [6, 6.07) is -0.630. The molecule has 0 bridgehead atoms. The number of rotatable bonds is 7. The first-order valence-electron chi connectivity index (χ1n) is 7.02. The van der Waals surface area contributed by atoms with Crippen molar-refractivity contribution in [2.24, 2.45) is 11.7 Å². The zero-order chi connectivity index (χ0) is 15.0. The number of aliphatic hydroxyl groups excluding tert-OH is 1. The molecule has 4 N–H and O–H groups in total. The van der Waals surface area contributed by atoms with Gasteiger partial charge in [0.05, 0.1) is 6.61 Å². The molecular weight excluding hydrogens is 262 g/mol. The number of aliphatic hydroxyl groups is 1. The first kappa shape index (κ1) is 16.9. The molecule has 0 aromatic heterocycles. The van der Waals surface area contributed by atoms with Gasteiger partial charge in [0.1, 0.15) is 6.04 Å². The number of carbonyl (C=O) groups excluding carboxylic acids is 2. The Labute approximate surface area is 119 Å². The van der Waals surface area contributed by atoms with Gasteiger partial charge in [-0.15, -0.1) is 0 Å². The molecule has 1 saturated heterocycles. The fourth-order valence-corrected chi connectivity index (χ4v) is 2.28. The number of hydrogen-bond acceptors (Lipinski definition) is 5. The van der Waals surface area contributed by atoms with Crippen molar-refractivity contribution >= 4 is 11.8 Å². The Morgan fingerprint density at radius 3 is 2.65 bits per heavy atom. The summed E-state index contributed by atoms with van der Waals surface area (Å²) >= 11 is 0. The van der Waals surface area contributed by atoms with Crippen LogP contribution in [0.2, 0.25) is 0 Å². The van der Waals surface area contributed by atoms with Crippen molar-refractivity contribution in [1.82, 2.24) is 10.2 Å². The molecule has 1 aliphatic heterocycles. The molecule has 20 heavy (non-hydrogen) atoms. The third kappa shape index (κ3) is 5.07. The van der Waals surface area contributed by atoms with Crippen LogP contribution in [0.25, 0.3) is 0 Å². The van der Waals surface area contributed by atoms with Crippen LogP contribution in [-0.4, -0.2) is 67.8 Å². The van der Waals surface area contributed by atoms with Crippen molar-refractivity contribution in [3.05, 3.63) is 0 Å². The molecule has 2 amide bonds. The monoisotopic (exact) mass is 287 g/mol. The molecule has 7 heteroatoms. The van der Waals surface area contributed by atoms with Crippen LogP contribution in [0, 0.1) is 5.92 Å². The van der Waals surface area contributed by atoms with Crippen LogP contribution < -0.4 is 11.1 Å². The van der Waals surface area contributed by atoms with Crippen molar-refractivity contribution in [3.8, 4) is 0 Å². The van der Waals surface area contributed by atoms with Crippen molar-refractivity contribution in [2.45, 2.75) is 25.3 Å². The van der Waals surface area contributed by atoms with Crippen molar-refractivity contribution in [1.29, 1.82) is 0 Å². The highest BCUT2D eigenvalue weighted by Crippen LogP contribution is 2.17. The summed E-state index contributed by atoms with van der Waals surface area (Å²) in [5, 5.41) is 11.5. The molecular formula is C13H25N3O4. The second-order valence-electron chi connectivity index (χ2n) is 5.03. The van der Waals surface area contributed by atoms with E-state index in [0.29, 0.717) is 38.9 Å². The van der Waals surface area contributed by atoms with E-state index in [4.69, 9.17) is 15.6 Å². The van der Waals surface area contributed by atoms with Crippen molar-refractivity contribution in [2.75, 3.05) is 40.0 Å². The standard InChI is InChI=1S/C13H25N3O4/c1-20-9-11(14)13(19)16-6-3-10(4-7-16)12(18)15-5-2-8-17/h10-11,17H,2-9,14H2,1H3,(H,15,18). The zero-order valence-corrected chi connectivity index (χ0v) is 12.0. The molecule has 1 atom stereocenters. The van der Waals surface area contributed by atoms with E-state index in [9.17, 15) is 9.59 Å². The molecule has 0 aromatic carbocycles. The lowest BCUT2D eigenvalue weighted by atomic mass is 9.95. The number of piperidine rings is 1. The minimum Gasteiger partial charge on any atom is -0.396 e. The Morgan fingerprint density at radius 1 is 1.45 bits per heavy atom. The number of amides is 2. The van der Waals surface area contributed by atoms with Gasteiger partial charge in [0.25, 0.3) is 0 Å². The largest absolute Gasteiger partial charge is 0.396 e. The van der Waals surface area contributed by atoms with E-state index >= 15 is 0 Å². The van der Waals surface area contributed by atoms with Gasteiger partial charge in [0.2, 0.25) is 11.8 Å². The molecule has 1 heterocycles. The van der Waals surface area contributed by atoms with Gasteiger partial charge in [-0.2, -0.15) is 0 Å². The normalized spacial score (nSPS) is 17.9. The van der Waals surface area contributed by atoms with Gasteiger partial charge < -0.3 is 25.8 Å². The summed E-state index contributed by atoms with van der Waals surface area (Å²) in [7, 11) is 1.51. The van der Waals surface area contributed by atoms with Crippen molar-refractivity contribution < 1.29 is 19.4 Å². The highest BCUT2D eigenvalue weighted by Gasteiger charge is 2.29. The van der Waals surface area contributed by atoms with Gasteiger partial charge in [-0.3, -0.25) is 9.59 Å². The predicted molar refractivity (Wildman–Crippen MR) is 73.9 cm³/mol. The molecule has 0 spiro atoms. The lowest BCUT2D eigenvalue weighted by Crippen LogP contribution is -2.50. The summed E-state index contributed by atoms with van der Waals surface area (Å²) in [4.78, 5) is 25.5. The Morgan fingerprint density at radius 2 is 2.10 bits per heavy atom. The second kappa shape index (κ2) is 8.89. The van der Waals surface area contributed by atoms with Crippen LogP contribution in [0.15, 0.2) is 0 Å². The zero-order valence-electron chi connectivity index (χ0n) is 12.0. The molecule has 0 radical (unpaired) electrons. The summed E-state index contributed by atoms with van der Waals surface area (Å²) in [6.07, 6.45) is 1.86. The Balaban J connectivity index is 2.32. The molecule has 1 rings (SSSR count). The second-order valence-corrected chi connectivity index (χ2v) is 5.03. The topological polar surface area (TPSA) is 105 Å². The number of methoxy groups -OCH3 is 1. The fourth-order valence-electron chi connectivity index (χ4n) is 2.28. The first-order chi connectivity index (χ1) is 9.60. The number of likely N-dealkylation sites (tertiary alicyclic amines) is 1. The highest BCUT2D eigenvalue weighted by atomic mass is 16.5. The quantitative estimate of drug-likeness (QED) is 0.505. The third-order valence-electron chi connectivity index (χ3n) is 3.47. The predicted octanol–water partition coefficient (Wildman–Crippen LogP) is -1.30. The van der Waals surface area contributed by atoms with Crippen LogP contribution in [0.4, 0.5) is 0 Å². The molecule has 116 valence electrons. The van der Waals surface area contributed by atoms with E-state index in [2.05, 4.69) is 5.32 Å². The molecule has 1 aliphatic rings. The number of ether oxygens (including phenoxy) is 1. The van der Waals surface area contributed by atoms with E-state index in [1.807, 2.05) is 0 Å². The minimum atomic E-state index is -0.630. The SMILES string of the molecule is COCC(N)C(=O)N1CCC(C(=O)NCCCO)CC1. The number of nitrogens with two attached hydrogens (primary N) is 1. The molecule has 1 unspecified atom stereocenters. The number of hydrogen-bond donors (Lipinski definition) is 3. The Kier molecular flexibility index (Phi) is 7.50. The van der Waals surface area contributed by atoms with Crippen molar-refractivity contribution in [3.63, 3.8) is 0 Å². The number of nitrogens with one attached hydrogen (secondary N) is 1. The molecule has 0 aromatic rings. The summed E-state index contributed by atoms with van der Waals surface area (Å²) in [5.74, 6) is -0.172. The van der Waals surface area contributed by atoms with Crippen LogP contribution in [-0.2, 0) is 14.3 Å². The molecule has 1 fully saturated rings. The number of carbonyl (C=O) groups is 2. The van der Waals surface area contributed by atoms with E-state index in [0.717, 1.165) is 0 Å². The van der Waals surface area contributed by atoms with Gasteiger partial charge in [-0.25, -0.2) is 0 Å². The average molecular weight is 287 g/mol. The Bertz CT molecular complexity index is 317. The van der Waals surface area contributed by atoms with Gasteiger partial charge in [0.15, 0.2) is 0 Å². The maximum atomic E-state index is 12.0. The molecule has 0 aliphatic carbocycles. The third-order valence-corrected chi connectivity index (χ3v) is 3.47. The minimum absolute atomic E-state index is 0.00624. The van der Waals surface area contributed by atoms with Gasteiger partial charge >= 0.3 is 0 Å². The van der Waals surface area contributed by atoms with Gasteiger partial charge in [0, 0.05) is 39.3 Å². The van der Waals surface area contributed by atoms with E-state index < -0.39 is 6.04 Å². The van der Waals surface area contributed by atoms with E-state index in [1.165, 1.54) is 7.11 Å². The van der Waals surface area contributed by atoms with Crippen LogP contribution in [0.1, 0.15) is 19.3 Å². The Hall–Kier alpha value is -1.18. The summed E-state index contributed by atoms with van der Waals surface area (Å²) in [5.41, 5.74) is 5.71. The fraction of sp³-hybridized carbons (Fsp3) is 0.846. The van der Waals surface area contributed by atoms with Gasteiger partial charge in [-0.1, -0.05) is 0 Å². The van der Waals surface area contributed by atoms with Crippen LogP contribution in [0.5, 0.6) is 0 Å². The highest BCUT2D eigenvalue weighted by molar-refractivity contribution is 5.83. The van der Waals surface area contributed by atoms with Crippen LogP contribution >= 0.6 is 0 Å². The maximum absolute atomic E-state index is 12.0. The number of nitrogens with zero attached hydrogens (tertiary/aromatic N) is 1. The maximum Gasteiger partial charge on any atom is 0.241 e. The smallest absolute Gasteiger partial charge is 0.241 e. The van der Waals surface area contributed by atoms with E-state index in [-0.39, 0.29) is 30.9 Å². The first-order valence-corrected chi connectivity index (χ1v) is 7.02. The van der Waals surface area contributed by atoms with Gasteiger partial charge in [-0.05, 0) is 19.3 Å². The van der Waals surface area contributed by atoms with E-state index in [1.54, 1.807) is 4.90 Å². The lowest BCUT2D eigenvalue weighted by molar-refractivity contribution is -0.137.